The van der Waals surface area contributed by atoms with E-state index in [1.165, 1.54) is 34.5 Å². The van der Waals surface area contributed by atoms with Gasteiger partial charge >= 0.3 is 0 Å². The lowest BCUT2D eigenvalue weighted by molar-refractivity contribution is -0.117. The minimum atomic E-state index is -0.686. The average Bonchev–Trinajstić information content (AvgIpc) is 3.41. The van der Waals surface area contributed by atoms with E-state index in [0.717, 1.165) is 12.8 Å². The minimum absolute atomic E-state index is 0.0509. The van der Waals surface area contributed by atoms with Crippen molar-refractivity contribution in [2.75, 3.05) is 13.1 Å². The third kappa shape index (κ3) is 4.70. The topological polar surface area (TPSA) is 71.4 Å². The molecule has 1 N–H and O–H groups in total. The number of nitrogens with zero attached hydrogens (tertiary/aromatic N) is 2. The van der Waals surface area contributed by atoms with E-state index >= 15 is 0 Å². The van der Waals surface area contributed by atoms with E-state index in [-0.39, 0.29) is 27.8 Å². The summed E-state index contributed by atoms with van der Waals surface area (Å²) in [6, 6.07) is 8.61. The first-order chi connectivity index (χ1) is 14.9. The Kier molecular flexibility index (Phi) is 6.48. The van der Waals surface area contributed by atoms with Crippen molar-refractivity contribution in [2.45, 2.75) is 30.0 Å². The SMILES string of the molecule is O=C(NCC1CCCN1C(=O)c1ccc(-n2ccccc2=O)cc1F)C1=CCC(Cl)S1. The molecule has 1 fully saturated rings. The molecule has 1 saturated heterocycles. The van der Waals surface area contributed by atoms with E-state index in [0.29, 0.717) is 30.1 Å². The normalized spacial score (nSPS) is 20.6. The maximum absolute atomic E-state index is 14.8. The summed E-state index contributed by atoms with van der Waals surface area (Å²) in [5.41, 5.74) is 0.0159. The van der Waals surface area contributed by atoms with E-state index in [4.69, 9.17) is 11.6 Å². The Hall–Kier alpha value is -2.58. The van der Waals surface area contributed by atoms with Gasteiger partial charge in [0.2, 0.25) is 0 Å². The van der Waals surface area contributed by atoms with E-state index in [2.05, 4.69) is 5.32 Å². The van der Waals surface area contributed by atoms with Gasteiger partial charge in [0, 0.05) is 31.4 Å². The highest BCUT2D eigenvalue weighted by molar-refractivity contribution is 8.05. The second-order valence-corrected chi connectivity index (χ2v) is 9.44. The molecule has 1 aromatic carbocycles. The zero-order valence-corrected chi connectivity index (χ0v) is 18.2. The van der Waals surface area contributed by atoms with Gasteiger partial charge in [-0.3, -0.25) is 19.0 Å². The minimum Gasteiger partial charge on any atom is -0.350 e. The molecule has 0 bridgehead atoms. The van der Waals surface area contributed by atoms with Crippen LogP contribution >= 0.6 is 23.4 Å². The second kappa shape index (κ2) is 9.28. The van der Waals surface area contributed by atoms with E-state index in [9.17, 15) is 18.8 Å². The lowest BCUT2D eigenvalue weighted by Crippen LogP contribution is -2.43. The Morgan fingerprint density at radius 1 is 1.26 bits per heavy atom. The highest BCUT2D eigenvalue weighted by atomic mass is 35.5. The van der Waals surface area contributed by atoms with Crippen molar-refractivity contribution in [3.05, 3.63) is 75.3 Å². The number of thioether (sulfide) groups is 1. The van der Waals surface area contributed by atoms with Crippen LogP contribution in [0.15, 0.2) is 58.4 Å². The lowest BCUT2D eigenvalue weighted by Gasteiger charge is -2.25. The van der Waals surface area contributed by atoms with Gasteiger partial charge in [-0.15, -0.1) is 23.4 Å². The molecule has 2 unspecified atom stereocenters. The van der Waals surface area contributed by atoms with Crippen molar-refractivity contribution >= 4 is 35.2 Å². The molecule has 3 heterocycles. The number of benzene rings is 1. The molecule has 2 aliphatic heterocycles. The summed E-state index contributed by atoms with van der Waals surface area (Å²) in [6.07, 6.45) is 5.52. The first kappa shape index (κ1) is 21.6. The Morgan fingerprint density at radius 2 is 2.10 bits per heavy atom. The third-order valence-electron chi connectivity index (χ3n) is 5.39. The van der Waals surface area contributed by atoms with Crippen molar-refractivity contribution in [1.29, 1.82) is 0 Å². The number of likely N-dealkylation sites (tertiary alicyclic amines) is 1. The number of hydrogen-bond donors (Lipinski definition) is 1. The van der Waals surface area contributed by atoms with E-state index in [1.807, 2.05) is 6.08 Å². The molecule has 4 rings (SSSR count). The maximum atomic E-state index is 14.8. The summed E-state index contributed by atoms with van der Waals surface area (Å²) in [7, 11) is 0. The maximum Gasteiger partial charge on any atom is 0.257 e. The monoisotopic (exact) mass is 461 g/mol. The van der Waals surface area contributed by atoms with Crippen molar-refractivity contribution < 1.29 is 14.0 Å². The van der Waals surface area contributed by atoms with Gasteiger partial charge in [-0.05, 0) is 43.5 Å². The van der Waals surface area contributed by atoms with Crippen LogP contribution in [0.1, 0.15) is 29.6 Å². The summed E-state index contributed by atoms with van der Waals surface area (Å²) < 4.78 is 16.0. The Bertz CT molecular complexity index is 1100. The second-order valence-electron chi connectivity index (χ2n) is 7.41. The number of hydrogen-bond acceptors (Lipinski definition) is 4. The van der Waals surface area contributed by atoms with Crippen LogP contribution in [0, 0.1) is 5.82 Å². The van der Waals surface area contributed by atoms with Gasteiger partial charge in [0.1, 0.15) is 5.82 Å². The van der Waals surface area contributed by atoms with Crippen LogP contribution in [0.4, 0.5) is 4.39 Å². The van der Waals surface area contributed by atoms with Crippen LogP contribution in [0.2, 0.25) is 0 Å². The highest BCUT2D eigenvalue weighted by Gasteiger charge is 2.31. The largest absolute Gasteiger partial charge is 0.350 e. The number of pyridine rings is 1. The summed E-state index contributed by atoms with van der Waals surface area (Å²) in [6.45, 7) is 0.800. The lowest BCUT2D eigenvalue weighted by atomic mass is 10.1. The number of aromatic nitrogens is 1. The van der Waals surface area contributed by atoms with Crippen LogP contribution in [-0.2, 0) is 4.79 Å². The zero-order chi connectivity index (χ0) is 22.0. The van der Waals surface area contributed by atoms with Crippen molar-refractivity contribution in [1.82, 2.24) is 14.8 Å². The van der Waals surface area contributed by atoms with Gasteiger partial charge in [0.15, 0.2) is 0 Å². The molecule has 2 aliphatic rings. The molecule has 0 aliphatic carbocycles. The number of allylic oxidation sites excluding steroid dienone is 1. The Labute approximate surface area is 188 Å². The number of rotatable bonds is 5. The van der Waals surface area contributed by atoms with Crippen molar-refractivity contribution in [3.63, 3.8) is 0 Å². The number of carbonyl (C=O) groups excluding carboxylic acids is 2. The standard InChI is InChI=1S/C22H21ClFN3O3S/c23-19-9-8-18(31-19)21(29)25-13-15-4-3-11-27(15)22(30)16-7-6-14(12-17(16)24)26-10-2-1-5-20(26)28/h1-2,5-8,10,12,15,19H,3-4,9,11,13H2,(H,25,29). The fraction of sp³-hybridized carbons (Fsp3) is 0.318. The smallest absolute Gasteiger partial charge is 0.257 e. The molecule has 0 radical (unpaired) electrons. The number of amides is 2. The number of halogens is 2. The van der Waals surface area contributed by atoms with Crippen molar-refractivity contribution in [3.8, 4) is 5.69 Å². The average molecular weight is 462 g/mol. The number of nitrogens with one attached hydrogen (secondary N) is 1. The zero-order valence-electron chi connectivity index (χ0n) is 16.6. The van der Waals surface area contributed by atoms with Gasteiger partial charge in [-0.1, -0.05) is 12.1 Å². The van der Waals surface area contributed by atoms with Crippen LogP contribution in [-0.4, -0.2) is 45.1 Å². The molecule has 2 atom stereocenters. The first-order valence-corrected chi connectivity index (χ1v) is 11.3. The summed E-state index contributed by atoms with van der Waals surface area (Å²) in [5, 5.41) is 2.86. The van der Waals surface area contributed by atoms with Crippen LogP contribution in [0.25, 0.3) is 5.69 Å². The summed E-state index contributed by atoms with van der Waals surface area (Å²) >= 11 is 7.33. The Balaban J connectivity index is 1.45. The molecular weight excluding hydrogens is 441 g/mol. The molecule has 31 heavy (non-hydrogen) atoms. The third-order valence-corrected chi connectivity index (χ3v) is 6.89. The van der Waals surface area contributed by atoms with Crippen molar-refractivity contribution in [2.24, 2.45) is 0 Å². The van der Waals surface area contributed by atoms with Crippen LogP contribution in [0.5, 0.6) is 0 Å². The quantitative estimate of drug-likeness (QED) is 0.694. The predicted octanol–water partition coefficient (Wildman–Crippen LogP) is 3.28. The Morgan fingerprint density at radius 3 is 2.81 bits per heavy atom. The highest BCUT2D eigenvalue weighted by Crippen LogP contribution is 2.34. The van der Waals surface area contributed by atoms with E-state index < -0.39 is 11.7 Å². The van der Waals surface area contributed by atoms with Gasteiger partial charge in [-0.2, -0.15) is 0 Å². The molecule has 0 spiro atoms. The van der Waals surface area contributed by atoms with Gasteiger partial charge < -0.3 is 10.2 Å². The van der Waals surface area contributed by atoms with Gasteiger partial charge in [-0.25, -0.2) is 4.39 Å². The molecular formula is C22H21ClFN3O3S. The summed E-state index contributed by atoms with van der Waals surface area (Å²) in [4.78, 5) is 39.5. The van der Waals surface area contributed by atoms with Gasteiger partial charge in [0.05, 0.1) is 20.9 Å². The van der Waals surface area contributed by atoms with Crippen LogP contribution < -0.4 is 10.9 Å². The molecule has 0 saturated carbocycles. The molecule has 1 aromatic heterocycles. The molecule has 162 valence electrons. The fourth-order valence-corrected chi connectivity index (χ4v) is 5.03. The van der Waals surface area contributed by atoms with Crippen LogP contribution in [0.3, 0.4) is 0 Å². The number of alkyl halides is 1. The molecule has 6 nitrogen and oxygen atoms in total. The fourth-order valence-electron chi connectivity index (χ4n) is 3.82. The molecule has 2 amide bonds. The van der Waals surface area contributed by atoms with Gasteiger partial charge in [0.25, 0.3) is 17.4 Å². The summed E-state index contributed by atoms with van der Waals surface area (Å²) in [5.74, 6) is -1.30. The molecule has 2 aromatic rings. The first-order valence-electron chi connectivity index (χ1n) is 10.0. The predicted molar refractivity (Wildman–Crippen MR) is 119 cm³/mol. The number of carbonyl (C=O) groups is 2. The molecule has 9 heteroatoms. The van der Waals surface area contributed by atoms with E-state index in [1.54, 1.807) is 29.3 Å².